The van der Waals surface area contributed by atoms with Gasteiger partial charge in [-0.15, -0.1) is 0 Å². The summed E-state index contributed by atoms with van der Waals surface area (Å²) in [5, 5.41) is 10.4. The van der Waals surface area contributed by atoms with E-state index >= 15 is 0 Å². The van der Waals surface area contributed by atoms with Gasteiger partial charge in [0.2, 0.25) is 0 Å². The Balaban J connectivity index is 1.46. The second-order valence-electron chi connectivity index (χ2n) is 6.93. The van der Waals surface area contributed by atoms with Gasteiger partial charge in [0.05, 0.1) is 30.0 Å². The van der Waals surface area contributed by atoms with E-state index < -0.39 is 0 Å². The minimum absolute atomic E-state index is 0.303. The van der Waals surface area contributed by atoms with Gasteiger partial charge in [0.1, 0.15) is 12.1 Å². The Hall–Kier alpha value is -4.14. The van der Waals surface area contributed by atoms with Crippen molar-refractivity contribution in [1.82, 2.24) is 29.7 Å². The maximum absolute atomic E-state index is 13.2. The van der Waals surface area contributed by atoms with Gasteiger partial charge in [-0.25, -0.2) is 19.9 Å². The van der Waals surface area contributed by atoms with Crippen molar-refractivity contribution in [2.24, 2.45) is 0 Å². The monoisotopic (exact) mass is 398 g/mol. The molecule has 0 aliphatic heterocycles. The van der Waals surface area contributed by atoms with Crippen LogP contribution in [0.5, 0.6) is 0 Å². The lowest BCUT2D eigenvalue weighted by molar-refractivity contribution is 0.102. The van der Waals surface area contributed by atoms with E-state index in [4.69, 9.17) is 0 Å². The third-order valence-electron chi connectivity index (χ3n) is 4.72. The smallest absolute Gasteiger partial charge is 0.277 e. The van der Waals surface area contributed by atoms with Crippen LogP contribution in [0.3, 0.4) is 0 Å². The summed E-state index contributed by atoms with van der Waals surface area (Å²) in [6, 6.07) is 11.0. The summed E-state index contributed by atoms with van der Waals surface area (Å²) < 4.78 is 1.57. The van der Waals surface area contributed by atoms with Crippen LogP contribution >= 0.6 is 0 Å². The molecule has 0 radical (unpaired) electrons. The first-order valence-corrected chi connectivity index (χ1v) is 9.58. The Morgan fingerprint density at radius 3 is 2.67 bits per heavy atom. The van der Waals surface area contributed by atoms with Crippen molar-refractivity contribution in [2.45, 2.75) is 18.8 Å². The number of rotatable bonds is 6. The number of carbonyl (C=O) groups is 1. The molecule has 30 heavy (non-hydrogen) atoms. The lowest BCUT2D eigenvalue weighted by Gasteiger charge is -2.13. The van der Waals surface area contributed by atoms with Gasteiger partial charge < -0.3 is 10.6 Å². The molecule has 9 nitrogen and oxygen atoms in total. The molecule has 1 saturated carbocycles. The first kappa shape index (κ1) is 17.9. The lowest BCUT2D eigenvalue weighted by Crippen LogP contribution is -2.19. The van der Waals surface area contributed by atoms with Crippen molar-refractivity contribution < 1.29 is 4.79 Å². The van der Waals surface area contributed by atoms with Crippen LogP contribution in [0.4, 0.5) is 17.2 Å². The van der Waals surface area contributed by atoms with E-state index in [1.807, 2.05) is 30.3 Å². The van der Waals surface area contributed by atoms with Gasteiger partial charge in [-0.2, -0.15) is 9.78 Å². The van der Waals surface area contributed by atoms with Crippen LogP contribution in [0.15, 0.2) is 67.5 Å². The Labute approximate surface area is 172 Å². The summed E-state index contributed by atoms with van der Waals surface area (Å²) in [5.74, 6) is 1.20. The number of amides is 1. The van der Waals surface area contributed by atoms with E-state index in [9.17, 15) is 4.79 Å². The molecule has 0 atom stereocenters. The molecule has 0 unspecified atom stereocenters. The summed E-state index contributed by atoms with van der Waals surface area (Å²) in [6.45, 7) is 0. The van der Waals surface area contributed by atoms with Gasteiger partial charge in [-0.05, 0) is 37.1 Å². The zero-order valence-electron chi connectivity index (χ0n) is 15.9. The highest BCUT2D eigenvalue weighted by molar-refractivity contribution is 6.06. The van der Waals surface area contributed by atoms with Crippen LogP contribution in [-0.4, -0.2) is 35.6 Å². The predicted octanol–water partition coefficient (Wildman–Crippen LogP) is 3.33. The Morgan fingerprint density at radius 1 is 1.03 bits per heavy atom. The molecule has 2 N–H and O–H groups in total. The van der Waals surface area contributed by atoms with Crippen LogP contribution in [0.2, 0.25) is 0 Å². The summed E-state index contributed by atoms with van der Waals surface area (Å²) in [6.07, 6.45) is 10.2. The summed E-state index contributed by atoms with van der Waals surface area (Å²) in [7, 11) is 0. The number of hydrogen-bond donors (Lipinski definition) is 2. The van der Waals surface area contributed by atoms with Gasteiger partial charge in [-0.3, -0.25) is 4.79 Å². The molecule has 4 aromatic rings. The molecule has 1 amide bonds. The molecule has 1 aliphatic rings. The largest absolute Gasteiger partial charge is 0.351 e. The normalized spacial score (nSPS) is 13.1. The molecule has 1 fully saturated rings. The molecule has 9 heteroatoms. The molecule has 0 bridgehead atoms. The molecule has 0 saturated heterocycles. The zero-order valence-corrected chi connectivity index (χ0v) is 15.9. The second-order valence-corrected chi connectivity index (χ2v) is 6.93. The number of carbonyl (C=O) groups excluding carboxylic acids is 1. The van der Waals surface area contributed by atoms with Crippen molar-refractivity contribution >= 4 is 23.1 Å². The quantitative estimate of drug-likeness (QED) is 0.512. The third kappa shape index (κ3) is 3.72. The highest BCUT2D eigenvalue weighted by atomic mass is 16.2. The highest BCUT2D eigenvalue weighted by Gasteiger charge is 2.27. The van der Waals surface area contributed by atoms with Crippen LogP contribution in [0.25, 0.3) is 5.82 Å². The van der Waals surface area contributed by atoms with Crippen LogP contribution < -0.4 is 10.6 Å². The molecule has 4 heterocycles. The minimum atomic E-state index is -0.338. The Kier molecular flexibility index (Phi) is 4.60. The maximum atomic E-state index is 13.2. The molecular formula is C21H18N8O. The average Bonchev–Trinajstić information content (AvgIpc) is 3.54. The van der Waals surface area contributed by atoms with Crippen LogP contribution in [0, 0.1) is 0 Å². The average molecular weight is 398 g/mol. The van der Waals surface area contributed by atoms with E-state index in [0.29, 0.717) is 34.6 Å². The van der Waals surface area contributed by atoms with Crippen molar-refractivity contribution in [3.63, 3.8) is 0 Å². The molecule has 4 aromatic heterocycles. The number of aromatic nitrogens is 6. The third-order valence-corrected chi connectivity index (χ3v) is 4.72. The predicted molar refractivity (Wildman–Crippen MR) is 111 cm³/mol. The van der Waals surface area contributed by atoms with Crippen molar-refractivity contribution in [3.05, 3.63) is 78.9 Å². The molecule has 0 aromatic carbocycles. The van der Waals surface area contributed by atoms with Gasteiger partial charge in [0.15, 0.2) is 11.5 Å². The SMILES string of the molecule is O=C(Nc1ccnn1-c1ccccn1)c1nc(C2CC2)ccc1Nc1cncnc1. The van der Waals surface area contributed by atoms with Crippen molar-refractivity contribution in [3.8, 4) is 5.82 Å². The molecule has 1 aliphatic carbocycles. The fourth-order valence-electron chi connectivity index (χ4n) is 3.11. The fourth-order valence-corrected chi connectivity index (χ4v) is 3.11. The van der Waals surface area contributed by atoms with E-state index in [0.717, 1.165) is 18.5 Å². The first-order valence-electron chi connectivity index (χ1n) is 9.58. The van der Waals surface area contributed by atoms with Gasteiger partial charge >= 0.3 is 0 Å². The molecule has 5 rings (SSSR count). The van der Waals surface area contributed by atoms with Crippen molar-refractivity contribution in [1.29, 1.82) is 0 Å². The first-order chi connectivity index (χ1) is 14.8. The van der Waals surface area contributed by atoms with Crippen LogP contribution in [0.1, 0.15) is 34.9 Å². The topological polar surface area (TPSA) is 111 Å². The van der Waals surface area contributed by atoms with E-state index in [1.165, 1.54) is 6.33 Å². The van der Waals surface area contributed by atoms with Gasteiger partial charge in [0.25, 0.3) is 5.91 Å². The number of hydrogen-bond acceptors (Lipinski definition) is 7. The number of nitrogens with zero attached hydrogens (tertiary/aromatic N) is 6. The zero-order chi connectivity index (χ0) is 20.3. The van der Waals surface area contributed by atoms with Gasteiger partial charge in [0, 0.05) is 23.9 Å². The van der Waals surface area contributed by atoms with Crippen LogP contribution in [-0.2, 0) is 0 Å². The number of pyridine rings is 2. The Bertz CT molecular complexity index is 1170. The van der Waals surface area contributed by atoms with E-state index in [-0.39, 0.29) is 5.91 Å². The van der Waals surface area contributed by atoms with Gasteiger partial charge in [-0.1, -0.05) is 6.07 Å². The second kappa shape index (κ2) is 7.70. The fraction of sp³-hybridized carbons (Fsp3) is 0.143. The molecular weight excluding hydrogens is 380 g/mol. The highest BCUT2D eigenvalue weighted by Crippen LogP contribution is 2.39. The Morgan fingerprint density at radius 2 is 1.90 bits per heavy atom. The molecule has 148 valence electrons. The van der Waals surface area contributed by atoms with E-state index in [2.05, 4.69) is 35.7 Å². The minimum Gasteiger partial charge on any atom is -0.351 e. The number of anilines is 3. The van der Waals surface area contributed by atoms with E-state index in [1.54, 1.807) is 35.5 Å². The molecule has 0 spiro atoms. The van der Waals surface area contributed by atoms with Crippen molar-refractivity contribution in [2.75, 3.05) is 10.6 Å². The summed E-state index contributed by atoms with van der Waals surface area (Å²) in [5.41, 5.74) is 2.48. The maximum Gasteiger partial charge on any atom is 0.277 e. The summed E-state index contributed by atoms with van der Waals surface area (Å²) >= 11 is 0. The lowest BCUT2D eigenvalue weighted by atomic mass is 10.2. The standard InChI is InChI=1S/C21H18N8O/c30-21(28-19-8-10-25-29(19)18-3-1-2-9-24-18)20-17(26-15-11-22-13-23-12-15)7-6-16(27-20)14-4-5-14/h1-3,6-14,26H,4-5H2,(H,28,30). The number of nitrogens with one attached hydrogen (secondary N) is 2. The summed E-state index contributed by atoms with van der Waals surface area (Å²) in [4.78, 5) is 30.1.